The SMILES string of the molecule is C/C(=C1/SC(=S)N(CC(=O)[O-])C1=O)c1ccc(Cl)cc1. The predicted octanol–water partition coefficient (Wildman–Crippen LogP) is 1.68. The summed E-state index contributed by atoms with van der Waals surface area (Å²) in [7, 11) is 0. The summed E-state index contributed by atoms with van der Waals surface area (Å²) < 4.78 is 0.225. The minimum absolute atomic E-state index is 0.225. The van der Waals surface area contributed by atoms with E-state index in [0.717, 1.165) is 27.8 Å². The highest BCUT2D eigenvalue weighted by atomic mass is 35.5. The number of nitrogens with zero attached hydrogens (tertiary/aromatic N) is 1. The van der Waals surface area contributed by atoms with Crippen molar-refractivity contribution in [1.82, 2.24) is 4.90 Å². The van der Waals surface area contributed by atoms with Crippen LogP contribution in [0.5, 0.6) is 0 Å². The zero-order chi connectivity index (χ0) is 14.9. The number of carbonyl (C=O) groups is 2. The van der Waals surface area contributed by atoms with Crippen molar-refractivity contribution in [2.75, 3.05) is 6.54 Å². The van der Waals surface area contributed by atoms with Crippen molar-refractivity contribution in [1.29, 1.82) is 0 Å². The van der Waals surface area contributed by atoms with Crippen molar-refractivity contribution in [3.05, 3.63) is 39.8 Å². The van der Waals surface area contributed by atoms with Crippen molar-refractivity contribution in [2.24, 2.45) is 0 Å². The molecule has 0 spiro atoms. The Morgan fingerprint density at radius 2 is 2.00 bits per heavy atom. The van der Waals surface area contributed by atoms with E-state index in [2.05, 4.69) is 0 Å². The van der Waals surface area contributed by atoms with Crippen LogP contribution in [0.15, 0.2) is 29.2 Å². The second-order valence-electron chi connectivity index (χ2n) is 4.09. The normalized spacial score (nSPS) is 17.6. The fourth-order valence-corrected chi connectivity index (χ4v) is 3.15. The molecule has 104 valence electrons. The maximum Gasteiger partial charge on any atom is 0.266 e. The van der Waals surface area contributed by atoms with Crippen LogP contribution >= 0.6 is 35.6 Å². The van der Waals surface area contributed by atoms with Crippen LogP contribution < -0.4 is 5.11 Å². The molecule has 0 bridgehead atoms. The molecule has 1 aromatic carbocycles. The third-order valence-electron chi connectivity index (χ3n) is 2.75. The zero-order valence-electron chi connectivity index (χ0n) is 10.4. The number of aliphatic carboxylic acids is 1. The first-order chi connectivity index (χ1) is 9.40. The Bertz CT molecular complexity index is 625. The second kappa shape index (κ2) is 5.95. The molecular weight excluding hydrogens is 318 g/mol. The first kappa shape index (κ1) is 15.0. The summed E-state index contributed by atoms with van der Waals surface area (Å²) in [5.74, 6) is -1.75. The summed E-state index contributed by atoms with van der Waals surface area (Å²) in [6.07, 6.45) is 0. The molecule has 0 unspecified atom stereocenters. The second-order valence-corrected chi connectivity index (χ2v) is 6.17. The topological polar surface area (TPSA) is 60.4 Å². The molecule has 0 radical (unpaired) electrons. The van der Waals surface area contributed by atoms with Crippen molar-refractivity contribution < 1.29 is 14.7 Å². The smallest absolute Gasteiger partial charge is 0.266 e. The summed E-state index contributed by atoms with van der Waals surface area (Å²) >= 11 is 11.9. The molecular formula is C13H9ClNO3S2-. The van der Waals surface area contributed by atoms with Crippen LogP contribution in [-0.2, 0) is 9.59 Å². The van der Waals surface area contributed by atoms with Gasteiger partial charge in [0.15, 0.2) is 0 Å². The summed E-state index contributed by atoms with van der Waals surface area (Å²) in [6.45, 7) is 1.26. The van der Waals surface area contributed by atoms with Gasteiger partial charge < -0.3 is 9.90 Å². The first-order valence-corrected chi connectivity index (χ1v) is 7.20. The molecule has 20 heavy (non-hydrogen) atoms. The monoisotopic (exact) mass is 326 g/mol. The van der Waals surface area contributed by atoms with Crippen LogP contribution in [0.1, 0.15) is 12.5 Å². The lowest BCUT2D eigenvalue weighted by Crippen LogP contribution is -2.40. The molecule has 0 saturated carbocycles. The number of hydrogen-bond acceptors (Lipinski definition) is 5. The maximum atomic E-state index is 12.2. The highest BCUT2D eigenvalue weighted by Crippen LogP contribution is 2.36. The van der Waals surface area contributed by atoms with Crippen molar-refractivity contribution >= 4 is 57.4 Å². The molecule has 0 atom stereocenters. The highest BCUT2D eigenvalue weighted by Gasteiger charge is 2.33. The van der Waals surface area contributed by atoms with Crippen LogP contribution in [0.2, 0.25) is 5.02 Å². The largest absolute Gasteiger partial charge is 0.548 e. The molecule has 0 aromatic heterocycles. The van der Waals surface area contributed by atoms with Crippen molar-refractivity contribution in [3.8, 4) is 0 Å². The summed E-state index contributed by atoms with van der Waals surface area (Å²) in [6, 6.07) is 7.04. The van der Waals surface area contributed by atoms with E-state index in [1.807, 2.05) is 0 Å². The van der Waals surface area contributed by atoms with Gasteiger partial charge in [-0.15, -0.1) is 0 Å². The van der Waals surface area contributed by atoms with E-state index in [0.29, 0.717) is 9.93 Å². The van der Waals surface area contributed by atoms with Gasteiger partial charge >= 0.3 is 0 Å². The number of hydrogen-bond donors (Lipinski definition) is 0. The Morgan fingerprint density at radius 1 is 1.40 bits per heavy atom. The number of amides is 1. The van der Waals surface area contributed by atoms with Crippen molar-refractivity contribution in [3.63, 3.8) is 0 Å². The van der Waals surface area contributed by atoms with E-state index >= 15 is 0 Å². The fraction of sp³-hybridized carbons (Fsp3) is 0.154. The van der Waals surface area contributed by atoms with Crippen LogP contribution in [-0.4, -0.2) is 27.6 Å². The number of allylic oxidation sites excluding steroid dienone is 1. The van der Waals surface area contributed by atoms with E-state index < -0.39 is 18.4 Å². The molecule has 1 saturated heterocycles. The number of thioether (sulfide) groups is 1. The number of carboxylic acid groups (broad SMARTS) is 1. The number of carboxylic acids is 1. The number of rotatable bonds is 3. The van der Waals surface area contributed by atoms with Gasteiger partial charge in [-0.05, 0) is 30.2 Å². The van der Waals surface area contributed by atoms with Gasteiger partial charge in [-0.3, -0.25) is 9.69 Å². The molecule has 2 rings (SSSR count). The van der Waals surface area contributed by atoms with Gasteiger partial charge in [0.2, 0.25) is 0 Å². The third kappa shape index (κ3) is 3.03. The Morgan fingerprint density at radius 3 is 2.55 bits per heavy atom. The quantitative estimate of drug-likeness (QED) is 0.625. The number of carbonyl (C=O) groups excluding carboxylic acids is 2. The van der Waals surface area contributed by atoms with Gasteiger partial charge in [0.25, 0.3) is 5.91 Å². The zero-order valence-corrected chi connectivity index (χ0v) is 12.8. The molecule has 4 nitrogen and oxygen atoms in total. The van der Waals surface area contributed by atoms with E-state index in [1.165, 1.54) is 0 Å². The average molecular weight is 327 g/mol. The van der Waals surface area contributed by atoms with E-state index in [-0.39, 0.29) is 4.32 Å². The standard InChI is InChI=1S/C13H10ClNO3S2/c1-7(8-2-4-9(14)5-3-8)11-12(18)15(6-10(16)17)13(19)20-11/h2-5H,6H2,1H3,(H,16,17)/p-1/b11-7-. The summed E-state index contributed by atoms with van der Waals surface area (Å²) in [5.41, 5.74) is 1.57. The molecule has 7 heteroatoms. The molecule has 1 aromatic rings. The van der Waals surface area contributed by atoms with Gasteiger partial charge in [0, 0.05) is 5.02 Å². The molecule has 1 amide bonds. The van der Waals surface area contributed by atoms with E-state index in [1.54, 1.807) is 31.2 Å². The van der Waals surface area contributed by atoms with E-state index in [9.17, 15) is 14.7 Å². The van der Waals surface area contributed by atoms with Crippen LogP contribution in [0.3, 0.4) is 0 Å². The number of halogens is 1. The highest BCUT2D eigenvalue weighted by molar-refractivity contribution is 8.26. The Kier molecular flexibility index (Phi) is 4.47. The molecule has 1 fully saturated rings. The fourth-order valence-electron chi connectivity index (χ4n) is 1.72. The van der Waals surface area contributed by atoms with Gasteiger partial charge in [0.1, 0.15) is 4.32 Å². The third-order valence-corrected chi connectivity index (χ3v) is 4.56. The minimum atomic E-state index is -1.34. The molecule has 0 N–H and O–H groups in total. The van der Waals surface area contributed by atoms with Gasteiger partial charge in [-0.25, -0.2) is 0 Å². The van der Waals surface area contributed by atoms with Crippen LogP contribution in [0.4, 0.5) is 0 Å². The molecule has 1 heterocycles. The Hall–Kier alpha value is -1.37. The lowest BCUT2D eigenvalue weighted by Gasteiger charge is -2.14. The van der Waals surface area contributed by atoms with Crippen LogP contribution in [0.25, 0.3) is 5.57 Å². The molecule has 1 aliphatic heterocycles. The van der Waals surface area contributed by atoms with Gasteiger partial charge in [0.05, 0.1) is 17.4 Å². The lowest BCUT2D eigenvalue weighted by atomic mass is 10.1. The van der Waals surface area contributed by atoms with Gasteiger partial charge in [-0.2, -0.15) is 0 Å². The Balaban J connectivity index is 2.35. The first-order valence-electron chi connectivity index (χ1n) is 5.60. The minimum Gasteiger partial charge on any atom is -0.548 e. The predicted molar refractivity (Wildman–Crippen MR) is 81.0 cm³/mol. The van der Waals surface area contributed by atoms with E-state index in [4.69, 9.17) is 23.8 Å². The average Bonchev–Trinajstić information content (AvgIpc) is 2.66. The molecule has 1 aliphatic rings. The maximum absolute atomic E-state index is 12.2. The number of thiocarbonyl (C=S) groups is 1. The Labute approximate surface area is 130 Å². The molecule has 0 aliphatic carbocycles. The van der Waals surface area contributed by atoms with Crippen LogP contribution in [0, 0.1) is 0 Å². The summed E-state index contributed by atoms with van der Waals surface area (Å²) in [4.78, 5) is 24.3. The van der Waals surface area contributed by atoms with Gasteiger partial charge in [-0.1, -0.05) is 47.7 Å². The lowest BCUT2D eigenvalue weighted by molar-refractivity contribution is -0.305. The van der Waals surface area contributed by atoms with Crippen molar-refractivity contribution in [2.45, 2.75) is 6.92 Å². The summed E-state index contributed by atoms with van der Waals surface area (Å²) in [5, 5.41) is 11.2. The number of benzene rings is 1.